The molecule has 1 rings (SSSR count). The van der Waals surface area contributed by atoms with Crippen molar-refractivity contribution in [3.8, 4) is 0 Å². The first-order chi connectivity index (χ1) is 9.38. The fourth-order valence-electron chi connectivity index (χ4n) is 1.93. The molecule has 0 amide bonds. The van der Waals surface area contributed by atoms with E-state index in [1.807, 2.05) is 44.2 Å². The van der Waals surface area contributed by atoms with Gasteiger partial charge in [0.25, 0.3) is 0 Å². The van der Waals surface area contributed by atoms with Crippen molar-refractivity contribution in [2.24, 2.45) is 0 Å². The number of sulfonamides is 1. The van der Waals surface area contributed by atoms with E-state index in [-0.39, 0.29) is 11.7 Å². The second-order valence-electron chi connectivity index (χ2n) is 5.10. The molecule has 114 valence electrons. The second kappa shape index (κ2) is 7.92. The Labute approximate surface area is 138 Å². The molecule has 1 N–H and O–H groups in total. The molecule has 20 heavy (non-hydrogen) atoms. The molecule has 0 bridgehead atoms. The van der Waals surface area contributed by atoms with Crippen LogP contribution >= 0.6 is 31.9 Å². The van der Waals surface area contributed by atoms with Crippen LogP contribution in [0.15, 0.2) is 30.3 Å². The lowest BCUT2D eigenvalue weighted by Crippen LogP contribution is -2.52. The van der Waals surface area contributed by atoms with Crippen molar-refractivity contribution in [1.29, 1.82) is 0 Å². The Hall–Kier alpha value is 0.0900. The Balaban J connectivity index is 2.80. The van der Waals surface area contributed by atoms with Crippen LogP contribution in [0, 0.1) is 0 Å². The van der Waals surface area contributed by atoms with Gasteiger partial charge in [-0.25, -0.2) is 13.1 Å². The molecule has 0 aliphatic rings. The number of halogens is 2. The lowest BCUT2D eigenvalue weighted by molar-refractivity contribution is 0.458. The highest BCUT2D eigenvalue weighted by atomic mass is 79.9. The zero-order valence-electron chi connectivity index (χ0n) is 11.8. The van der Waals surface area contributed by atoms with E-state index in [4.69, 9.17) is 0 Å². The Bertz CT molecular complexity index is 493. The summed E-state index contributed by atoms with van der Waals surface area (Å²) in [6.45, 7) is 3.91. The monoisotopic (exact) mass is 425 g/mol. The van der Waals surface area contributed by atoms with E-state index in [2.05, 4.69) is 36.6 Å². The molecule has 0 heterocycles. The van der Waals surface area contributed by atoms with Crippen molar-refractivity contribution in [3.05, 3.63) is 35.9 Å². The van der Waals surface area contributed by atoms with E-state index < -0.39 is 15.6 Å². The van der Waals surface area contributed by atoms with Crippen LogP contribution < -0.4 is 4.72 Å². The van der Waals surface area contributed by atoms with Gasteiger partial charge in [0.15, 0.2) is 0 Å². The summed E-state index contributed by atoms with van der Waals surface area (Å²) in [6.07, 6.45) is 0.725. The molecule has 0 spiro atoms. The van der Waals surface area contributed by atoms with Crippen molar-refractivity contribution >= 4 is 41.9 Å². The quantitative estimate of drug-likeness (QED) is 0.644. The first-order valence-electron chi connectivity index (χ1n) is 6.56. The summed E-state index contributed by atoms with van der Waals surface area (Å²) in [7, 11) is -3.33. The molecule has 0 aliphatic carbocycles. The van der Waals surface area contributed by atoms with Crippen LogP contribution in [0.5, 0.6) is 0 Å². The second-order valence-corrected chi connectivity index (χ2v) is 7.98. The molecule has 0 saturated carbocycles. The molecular formula is C14H21Br2NO2S. The minimum absolute atomic E-state index is 0.0334. The minimum atomic E-state index is -3.33. The topological polar surface area (TPSA) is 46.2 Å². The maximum absolute atomic E-state index is 12.4. The first kappa shape index (κ1) is 18.1. The summed E-state index contributed by atoms with van der Waals surface area (Å²) in [5, 5.41) is 1.17. The first-order valence-corrected chi connectivity index (χ1v) is 10.5. The van der Waals surface area contributed by atoms with Gasteiger partial charge in [0, 0.05) is 10.7 Å². The van der Waals surface area contributed by atoms with E-state index in [1.54, 1.807) is 0 Å². The molecule has 0 radical (unpaired) electrons. The van der Waals surface area contributed by atoms with Gasteiger partial charge in [0.1, 0.15) is 0 Å². The Morgan fingerprint density at radius 2 is 1.75 bits per heavy atom. The van der Waals surface area contributed by atoms with Gasteiger partial charge in [-0.1, -0.05) is 76.0 Å². The number of alkyl halides is 2. The SMILES string of the molecule is CCC(CBr)(CBr)NS(=O)(=O)CC(C)c1ccccc1. The van der Waals surface area contributed by atoms with E-state index in [1.165, 1.54) is 0 Å². The van der Waals surface area contributed by atoms with Gasteiger partial charge >= 0.3 is 0 Å². The summed E-state index contributed by atoms with van der Waals surface area (Å²) in [5.74, 6) is 0.0626. The molecule has 0 saturated heterocycles. The summed E-state index contributed by atoms with van der Waals surface area (Å²) in [4.78, 5) is 0. The molecule has 3 nitrogen and oxygen atoms in total. The molecular weight excluding hydrogens is 406 g/mol. The van der Waals surface area contributed by atoms with E-state index in [0.717, 1.165) is 12.0 Å². The number of benzene rings is 1. The predicted octanol–water partition coefficient (Wildman–Crippen LogP) is 3.65. The highest BCUT2D eigenvalue weighted by Crippen LogP contribution is 2.21. The van der Waals surface area contributed by atoms with Crippen LogP contribution in [0.25, 0.3) is 0 Å². The standard InChI is InChI=1S/C14H21Br2NO2S/c1-3-14(10-15,11-16)17-20(18,19)9-12(2)13-7-5-4-6-8-13/h4-8,12,17H,3,9-11H2,1-2H3. The van der Waals surface area contributed by atoms with Gasteiger partial charge in [0.2, 0.25) is 10.0 Å². The molecule has 1 aromatic rings. The molecule has 0 aliphatic heterocycles. The lowest BCUT2D eigenvalue weighted by Gasteiger charge is -2.30. The zero-order chi connectivity index (χ0) is 15.2. The number of rotatable bonds is 8. The van der Waals surface area contributed by atoms with Crippen molar-refractivity contribution in [2.45, 2.75) is 31.7 Å². The van der Waals surface area contributed by atoms with Crippen LogP contribution in [0.1, 0.15) is 31.7 Å². The molecule has 0 aromatic heterocycles. The summed E-state index contributed by atoms with van der Waals surface area (Å²) in [6, 6.07) is 9.71. The lowest BCUT2D eigenvalue weighted by atomic mass is 10.0. The van der Waals surface area contributed by atoms with E-state index in [0.29, 0.717) is 10.7 Å². The third-order valence-corrected chi connectivity index (χ3v) is 7.23. The zero-order valence-corrected chi connectivity index (χ0v) is 15.8. The van der Waals surface area contributed by atoms with Gasteiger partial charge < -0.3 is 0 Å². The van der Waals surface area contributed by atoms with Crippen LogP contribution in [-0.2, 0) is 10.0 Å². The van der Waals surface area contributed by atoms with Crippen LogP contribution in [0.4, 0.5) is 0 Å². The summed E-state index contributed by atoms with van der Waals surface area (Å²) >= 11 is 6.80. The van der Waals surface area contributed by atoms with Gasteiger partial charge in [-0.3, -0.25) is 0 Å². The van der Waals surface area contributed by atoms with Crippen LogP contribution in [0.3, 0.4) is 0 Å². The molecule has 0 fully saturated rings. The molecule has 1 atom stereocenters. The van der Waals surface area contributed by atoms with E-state index in [9.17, 15) is 8.42 Å². The van der Waals surface area contributed by atoms with Gasteiger partial charge in [-0.05, 0) is 17.9 Å². The van der Waals surface area contributed by atoms with E-state index >= 15 is 0 Å². The maximum Gasteiger partial charge on any atom is 0.212 e. The number of hydrogen-bond donors (Lipinski definition) is 1. The van der Waals surface area contributed by atoms with Crippen molar-refractivity contribution in [3.63, 3.8) is 0 Å². The molecule has 1 aromatic carbocycles. The molecule has 1 unspecified atom stereocenters. The third-order valence-electron chi connectivity index (χ3n) is 3.40. The van der Waals surface area contributed by atoms with Crippen molar-refractivity contribution < 1.29 is 8.42 Å². The Morgan fingerprint density at radius 3 is 2.20 bits per heavy atom. The summed E-state index contributed by atoms with van der Waals surface area (Å²) < 4.78 is 27.5. The Morgan fingerprint density at radius 1 is 1.20 bits per heavy atom. The predicted molar refractivity (Wildman–Crippen MR) is 92.4 cm³/mol. The third kappa shape index (κ3) is 5.13. The van der Waals surface area contributed by atoms with Crippen LogP contribution in [-0.4, -0.2) is 30.4 Å². The largest absolute Gasteiger partial charge is 0.212 e. The average Bonchev–Trinajstić information content (AvgIpc) is 2.45. The Kier molecular flexibility index (Phi) is 7.18. The van der Waals surface area contributed by atoms with Gasteiger partial charge in [-0.2, -0.15) is 0 Å². The fourth-order valence-corrected chi connectivity index (χ4v) is 6.19. The van der Waals surface area contributed by atoms with Gasteiger partial charge in [-0.15, -0.1) is 0 Å². The minimum Gasteiger partial charge on any atom is -0.212 e. The highest BCUT2D eigenvalue weighted by Gasteiger charge is 2.31. The highest BCUT2D eigenvalue weighted by molar-refractivity contribution is 9.09. The summed E-state index contributed by atoms with van der Waals surface area (Å²) in [5.41, 5.74) is 0.576. The normalized spacial score (nSPS) is 14.2. The number of hydrogen-bond acceptors (Lipinski definition) is 2. The average molecular weight is 427 g/mol. The van der Waals surface area contributed by atoms with Crippen molar-refractivity contribution in [2.75, 3.05) is 16.4 Å². The fraction of sp³-hybridized carbons (Fsp3) is 0.571. The van der Waals surface area contributed by atoms with Gasteiger partial charge in [0.05, 0.1) is 11.3 Å². The number of nitrogens with one attached hydrogen (secondary N) is 1. The molecule has 6 heteroatoms. The van der Waals surface area contributed by atoms with Crippen LogP contribution in [0.2, 0.25) is 0 Å². The van der Waals surface area contributed by atoms with Crippen molar-refractivity contribution in [1.82, 2.24) is 4.72 Å². The maximum atomic E-state index is 12.4. The smallest absolute Gasteiger partial charge is 0.212 e.